The van der Waals surface area contributed by atoms with Gasteiger partial charge in [0.05, 0.1) is 12.7 Å². The van der Waals surface area contributed by atoms with Gasteiger partial charge in [0.15, 0.2) is 0 Å². The van der Waals surface area contributed by atoms with Crippen molar-refractivity contribution in [2.45, 2.75) is 31.8 Å². The van der Waals surface area contributed by atoms with Crippen molar-refractivity contribution in [2.75, 3.05) is 26.7 Å². The van der Waals surface area contributed by atoms with Crippen LogP contribution in [-0.2, 0) is 5.60 Å². The minimum atomic E-state index is -0.832. The van der Waals surface area contributed by atoms with Crippen molar-refractivity contribution in [2.24, 2.45) is 0 Å². The number of methoxy groups -OCH3 is 1. The van der Waals surface area contributed by atoms with Gasteiger partial charge in [-0.2, -0.15) is 0 Å². The van der Waals surface area contributed by atoms with Gasteiger partial charge >= 0.3 is 0 Å². The van der Waals surface area contributed by atoms with E-state index in [2.05, 4.69) is 16.0 Å². The molecule has 2 heterocycles. The molecule has 0 aliphatic carbocycles. The first-order valence-corrected chi connectivity index (χ1v) is 12.0. The average Bonchev–Trinajstić information content (AvgIpc) is 2.84. The molecule has 1 aliphatic heterocycles. The number of nitrogens with zero attached hydrogens (tertiary/aromatic N) is 2. The third kappa shape index (κ3) is 5.44. The van der Waals surface area contributed by atoms with Crippen LogP contribution in [0.2, 0.25) is 5.02 Å². The maximum absolute atomic E-state index is 11.2. The monoisotopic (exact) mass is 478 g/mol. The van der Waals surface area contributed by atoms with E-state index in [1.54, 1.807) is 25.4 Å². The van der Waals surface area contributed by atoms with Crippen molar-refractivity contribution >= 4 is 17.2 Å². The van der Waals surface area contributed by atoms with Gasteiger partial charge in [-0.05, 0) is 73.7 Å². The van der Waals surface area contributed by atoms with E-state index in [1.165, 1.54) is 0 Å². The quantitative estimate of drug-likeness (QED) is 0.465. The largest absolute Gasteiger partial charge is 0.507 e. The van der Waals surface area contributed by atoms with Crippen molar-refractivity contribution in [3.05, 3.63) is 94.3 Å². The van der Waals surface area contributed by atoms with Crippen LogP contribution in [0, 0.1) is 6.92 Å². The predicted octanol–water partition coefficient (Wildman–Crippen LogP) is 5.56. The average molecular weight is 479 g/mol. The van der Waals surface area contributed by atoms with Crippen molar-refractivity contribution in [3.63, 3.8) is 0 Å². The number of ether oxygens (including phenoxy) is 1. The highest BCUT2D eigenvalue weighted by Gasteiger charge is 2.33. The van der Waals surface area contributed by atoms with Gasteiger partial charge in [-0.15, -0.1) is 0 Å². The van der Waals surface area contributed by atoms with E-state index in [4.69, 9.17) is 16.3 Å². The molecule has 1 aromatic heterocycles. The summed E-state index contributed by atoms with van der Waals surface area (Å²) in [5.74, 6) is 0.899. The van der Waals surface area contributed by atoms with E-state index in [-0.39, 0.29) is 5.75 Å². The van der Waals surface area contributed by atoms with Crippen molar-refractivity contribution in [1.82, 2.24) is 9.88 Å². The summed E-state index contributed by atoms with van der Waals surface area (Å²) in [5.41, 5.74) is 3.61. The van der Waals surface area contributed by atoms with Crippen LogP contribution in [-0.4, -0.2) is 46.8 Å². The van der Waals surface area contributed by atoms with Gasteiger partial charge in [-0.25, -0.2) is 0 Å². The normalized spacial score (nSPS) is 16.4. The number of piperidine rings is 1. The third-order valence-electron chi connectivity index (χ3n) is 6.63. The van der Waals surface area contributed by atoms with E-state index in [0.29, 0.717) is 23.6 Å². The first-order chi connectivity index (χ1) is 16.4. The molecule has 4 rings (SSSR count). The second-order valence-electron chi connectivity index (χ2n) is 8.81. The number of hydrogen-bond donors (Lipinski definition) is 2. The molecule has 178 valence electrons. The van der Waals surface area contributed by atoms with E-state index >= 15 is 0 Å². The zero-order chi connectivity index (χ0) is 24.1. The highest BCUT2D eigenvalue weighted by molar-refractivity contribution is 6.30. The first-order valence-electron chi connectivity index (χ1n) is 11.6. The van der Waals surface area contributed by atoms with Gasteiger partial charge in [0.2, 0.25) is 0 Å². The van der Waals surface area contributed by atoms with Gasteiger partial charge < -0.3 is 19.8 Å². The Morgan fingerprint density at radius 2 is 1.91 bits per heavy atom. The zero-order valence-electron chi connectivity index (χ0n) is 19.7. The molecule has 0 radical (unpaired) electrons. The highest BCUT2D eigenvalue weighted by atomic mass is 35.5. The molecule has 0 unspecified atom stereocenters. The second-order valence-corrected chi connectivity index (χ2v) is 9.25. The van der Waals surface area contributed by atoms with E-state index in [1.807, 2.05) is 49.4 Å². The Labute approximate surface area is 206 Å². The molecular weight excluding hydrogens is 448 g/mol. The molecule has 1 aliphatic rings. The summed E-state index contributed by atoms with van der Waals surface area (Å²) in [5, 5.41) is 22.4. The summed E-state index contributed by atoms with van der Waals surface area (Å²) in [6, 6.07) is 16.8. The lowest BCUT2D eigenvalue weighted by atomic mass is 9.84. The Morgan fingerprint density at radius 1 is 1.12 bits per heavy atom. The fourth-order valence-corrected chi connectivity index (χ4v) is 4.79. The number of aliphatic hydroxyl groups is 1. The number of hydrogen-bond acceptors (Lipinski definition) is 5. The molecule has 1 fully saturated rings. The number of phenolic OH excluding ortho intramolecular Hbond substituents is 1. The minimum absolute atomic E-state index is 0.208. The Bertz CT molecular complexity index is 1170. The fourth-order valence-electron chi connectivity index (χ4n) is 4.60. The molecule has 0 amide bonds. The second kappa shape index (κ2) is 10.6. The van der Waals surface area contributed by atoms with Crippen LogP contribution >= 0.6 is 11.6 Å². The molecule has 2 aromatic carbocycles. The van der Waals surface area contributed by atoms with Crippen molar-refractivity contribution in [1.29, 1.82) is 0 Å². The third-order valence-corrected chi connectivity index (χ3v) is 6.87. The zero-order valence-corrected chi connectivity index (χ0v) is 20.4. The molecule has 0 spiro atoms. The number of halogens is 1. The lowest BCUT2D eigenvalue weighted by Crippen LogP contribution is -2.42. The number of phenols is 1. The van der Waals surface area contributed by atoms with Gasteiger partial charge in [0, 0.05) is 47.7 Å². The molecular formula is C28H31ClN2O3. The fraction of sp³-hybridized carbons (Fsp3) is 0.321. The molecule has 6 heteroatoms. The van der Waals surface area contributed by atoms with Crippen LogP contribution in [0.15, 0.2) is 66.9 Å². The number of rotatable bonds is 7. The summed E-state index contributed by atoms with van der Waals surface area (Å²) >= 11 is 6.14. The maximum atomic E-state index is 11.2. The van der Waals surface area contributed by atoms with Crippen LogP contribution in [0.25, 0.3) is 5.57 Å². The maximum Gasteiger partial charge on any atom is 0.123 e. The van der Waals surface area contributed by atoms with Gasteiger partial charge in [0.1, 0.15) is 11.5 Å². The molecule has 0 atom stereocenters. The summed E-state index contributed by atoms with van der Waals surface area (Å²) in [6.45, 7) is 4.45. The Kier molecular flexibility index (Phi) is 7.57. The van der Waals surface area contributed by atoms with Crippen molar-refractivity contribution in [3.8, 4) is 11.5 Å². The Balaban J connectivity index is 1.49. The molecule has 3 aromatic rings. The lowest BCUT2D eigenvalue weighted by Gasteiger charge is -2.38. The Morgan fingerprint density at radius 3 is 2.62 bits per heavy atom. The summed E-state index contributed by atoms with van der Waals surface area (Å²) in [6.07, 6.45) is 6.08. The summed E-state index contributed by atoms with van der Waals surface area (Å²) in [4.78, 5) is 6.82. The first kappa shape index (κ1) is 24.3. The van der Waals surface area contributed by atoms with E-state index in [0.717, 1.165) is 54.0 Å². The highest BCUT2D eigenvalue weighted by Crippen LogP contribution is 2.36. The number of benzene rings is 2. The Hall–Kier alpha value is -2.86. The predicted molar refractivity (Wildman–Crippen MR) is 136 cm³/mol. The molecule has 0 bridgehead atoms. The standard InChI is InChI=1S/C28H31ClN2O3/c1-20-24(8-4-14-30-20)25(26-19-23(34-2)10-11-27(26)32)9-5-15-31-16-12-28(33,13-17-31)21-6-3-7-22(29)18-21/h3-4,6-11,14,18-19,32-33H,5,12-13,15-17H2,1-2H3/b25-9+. The lowest BCUT2D eigenvalue weighted by molar-refractivity contribution is -0.0254. The van der Waals surface area contributed by atoms with Crippen molar-refractivity contribution < 1.29 is 14.9 Å². The van der Waals surface area contributed by atoms with Gasteiger partial charge in [-0.1, -0.05) is 35.9 Å². The van der Waals surface area contributed by atoms with Crippen LogP contribution < -0.4 is 4.74 Å². The number of aryl methyl sites for hydroxylation is 1. The number of pyridine rings is 1. The van der Waals surface area contributed by atoms with E-state index in [9.17, 15) is 10.2 Å². The SMILES string of the molecule is COc1ccc(O)c(/C(=C/CCN2CCC(O)(c3cccc(Cl)c3)CC2)c2cccnc2C)c1. The molecule has 1 saturated heterocycles. The summed E-state index contributed by atoms with van der Waals surface area (Å²) < 4.78 is 5.39. The number of aromatic nitrogens is 1. The van der Waals surface area contributed by atoms with Crippen LogP contribution in [0.1, 0.15) is 41.6 Å². The molecule has 2 N–H and O–H groups in total. The molecule has 5 nitrogen and oxygen atoms in total. The minimum Gasteiger partial charge on any atom is -0.507 e. The van der Waals surface area contributed by atoms with Gasteiger partial charge in [0.25, 0.3) is 0 Å². The smallest absolute Gasteiger partial charge is 0.123 e. The topological polar surface area (TPSA) is 65.8 Å². The van der Waals surface area contributed by atoms with Crippen LogP contribution in [0.4, 0.5) is 0 Å². The molecule has 34 heavy (non-hydrogen) atoms. The van der Waals surface area contributed by atoms with Gasteiger partial charge in [-0.3, -0.25) is 4.98 Å². The molecule has 0 saturated carbocycles. The van der Waals surface area contributed by atoms with Crippen LogP contribution in [0.3, 0.4) is 0 Å². The van der Waals surface area contributed by atoms with Crippen LogP contribution in [0.5, 0.6) is 11.5 Å². The van der Waals surface area contributed by atoms with E-state index < -0.39 is 5.60 Å². The summed E-state index contributed by atoms with van der Waals surface area (Å²) in [7, 11) is 1.62. The number of likely N-dealkylation sites (tertiary alicyclic amines) is 1. The number of aromatic hydroxyl groups is 1.